The fraction of sp³-hybridized carbons (Fsp3) is 0.875. The van der Waals surface area contributed by atoms with Gasteiger partial charge >= 0.3 is 0 Å². The average molecular weight is 158 g/mol. The van der Waals surface area contributed by atoms with Crippen LogP contribution in [-0.4, -0.2) is 18.5 Å². The summed E-state index contributed by atoms with van der Waals surface area (Å²) in [5.74, 6) is 0.0706. The van der Waals surface area contributed by atoms with E-state index in [1.54, 1.807) is 0 Å². The zero-order valence-corrected chi connectivity index (χ0v) is 7.39. The Morgan fingerprint density at radius 2 is 2.00 bits per heavy atom. The first-order chi connectivity index (χ1) is 5.24. The third kappa shape index (κ3) is 4.79. The fourth-order valence-electron chi connectivity index (χ4n) is 0.924. The summed E-state index contributed by atoms with van der Waals surface area (Å²) in [4.78, 5) is 11.0. The predicted octanol–water partition coefficient (Wildman–Crippen LogP) is 0.640. The quantitative estimate of drug-likeness (QED) is 0.617. The van der Waals surface area contributed by atoms with E-state index in [0.717, 1.165) is 12.8 Å². The number of hydrogen-bond acceptors (Lipinski definition) is 2. The molecule has 0 rings (SSSR count). The summed E-state index contributed by atoms with van der Waals surface area (Å²) in [6.45, 7) is 4.57. The Labute approximate surface area is 68.3 Å². The van der Waals surface area contributed by atoms with Gasteiger partial charge in [-0.25, -0.2) is 0 Å². The second-order valence-corrected chi connectivity index (χ2v) is 2.62. The maximum atomic E-state index is 11.0. The molecule has 0 aliphatic heterocycles. The van der Waals surface area contributed by atoms with Crippen molar-refractivity contribution in [2.45, 2.75) is 39.2 Å². The number of hydrogen-bond donors (Lipinski definition) is 2. The molecule has 0 fully saturated rings. The molecule has 0 aliphatic rings. The van der Waals surface area contributed by atoms with E-state index in [1.165, 1.54) is 0 Å². The first-order valence-electron chi connectivity index (χ1n) is 4.24. The lowest BCUT2D eigenvalue weighted by molar-refractivity contribution is -0.121. The van der Waals surface area contributed by atoms with Crippen LogP contribution < -0.4 is 11.1 Å². The largest absolute Gasteiger partial charge is 0.353 e. The van der Waals surface area contributed by atoms with Gasteiger partial charge in [-0.15, -0.1) is 0 Å². The Balaban J connectivity index is 3.54. The van der Waals surface area contributed by atoms with Crippen molar-refractivity contribution < 1.29 is 4.79 Å². The summed E-state index contributed by atoms with van der Waals surface area (Å²) in [6.07, 6.45) is 2.43. The Kier molecular flexibility index (Phi) is 5.84. The average Bonchev–Trinajstić information content (AvgIpc) is 2.01. The van der Waals surface area contributed by atoms with Gasteiger partial charge < -0.3 is 11.1 Å². The third-order valence-corrected chi connectivity index (χ3v) is 1.72. The molecule has 0 saturated carbocycles. The molecule has 0 saturated heterocycles. The van der Waals surface area contributed by atoms with Gasteiger partial charge in [0.05, 0.1) is 0 Å². The minimum absolute atomic E-state index is 0.0706. The van der Waals surface area contributed by atoms with Gasteiger partial charge in [0, 0.05) is 19.0 Å². The summed E-state index contributed by atoms with van der Waals surface area (Å²) in [5, 5.41) is 2.90. The molecule has 0 radical (unpaired) electrons. The lowest BCUT2D eigenvalue weighted by atomic mass is 10.1. The molecule has 66 valence electrons. The van der Waals surface area contributed by atoms with Gasteiger partial charge in [0.25, 0.3) is 0 Å². The highest BCUT2D eigenvalue weighted by Gasteiger charge is 2.05. The number of carbonyl (C=O) groups is 1. The molecule has 1 amide bonds. The molecule has 0 aromatic rings. The second kappa shape index (κ2) is 6.16. The van der Waals surface area contributed by atoms with Gasteiger partial charge in [0.1, 0.15) is 0 Å². The molecule has 0 atom stereocenters. The molecule has 3 N–H and O–H groups in total. The zero-order valence-electron chi connectivity index (χ0n) is 7.39. The summed E-state index contributed by atoms with van der Waals surface area (Å²) in [7, 11) is 0. The van der Waals surface area contributed by atoms with Crippen molar-refractivity contribution in [1.82, 2.24) is 5.32 Å². The summed E-state index contributed by atoms with van der Waals surface area (Å²) >= 11 is 0. The van der Waals surface area contributed by atoms with Crippen molar-refractivity contribution in [3.8, 4) is 0 Å². The van der Waals surface area contributed by atoms with E-state index in [9.17, 15) is 4.79 Å². The molecule has 0 bridgehead atoms. The summed E-state index contributed by atoms with van der Waals surface area (Å²) < 4.78 is 0. The molecule has 0 aliphatic carbocycles. The van der Waals surface area contributed by atoms with Crippen molar-refractivity contribution in [1.29, 1.82) is 0 Å². The van der Waals surface area contributed by atoms with Crippen LogP contribution in [0, 0.1) is 0 Å². The van der Waals surface area contributed by atoms with Crippen molar-refractivity contribution in [2.24, 2.45) is 5.73 Å². The van der Waals surface area contributed by atoms with Crippen LogP contribution >= 0.6 is 0 Å². The Hall–Kier alpha value is -0.570. The number of nitrogens with two attached hydrogens (primary N) is 1. The maximum absolute atomic E-state index is 11.0. The first-order valence-corrected chi connectivity index (χ1v) is 4.24. The lowest BCUT2D eigenvalue weighted by Gasteiger charge is -2.13. The van der Waals surface area contributed by atoms with Crippen molar-refractivity contribution in [3.63, 3.8) is 0 Å². The molecule has 11 heavy (non-hydrogen) atoms. The molecule has 0 spiro atoms. The summed E-state index contributed by atoms with van der Waals surface area (Å²) in [6, 6.07) is 0.328. The van der Waals surface area contributed by atoms with Crippen LogP contribution in [-0.2, 0) is 4.79 Å². The van der Waals surface area contributed by atoms with Crippen LogP contribution in [0.25, 0.3) is 0 Å². The Bertz CT molecular complexity index is 111. The van der Waals surface area contributed by atoms with E-state index in [2.05, 4.69) is 19.2 Å². The number of amides is 1. The van der Waals surface area contributed by atoms with Crippen molar-refractivity contribution in [2.75, 3.05) is 6.54 Å². The normalized spacial score (nSPS) is 10.2. The highest BCUT2D eigenvalue weighted by atomic mass is 16.1. The van der Waals surface area contributed by atoms with Crippen molar-refractivity contribution in [3.05, 3.63) is 0 Å². The van der Waals surface area contributed by atoms with Gasteiger partial charge in [-0.3, -0.25) is 4.79 Å². The second-order valence-electron chi connectivity index (χ2n) is 2.62. The molecule has 0 aromatic carbocycles. The smallest absolute Gasteiger partial charge is 0.221 e. The van der Waals surface area contributed by atoms with E-state index in [1.807, 2.05) is 0 Å². The van der Waals surface area contributed by atoms with Crippen LogP contribution in [0.4, 0.5) is 0 Å². The molecule has 3 heteroatoms. The van der Waals surface area contributed by atoms with E-state index in [-0.39, 0.29) is 5.91 Å². The summed E-state index contributed by atoms with van der Waals surface area (Å²) in [5.41, 5.74) is 5.23. The van der Waals surface area contributed by atoms with E-state index >= 15 is 0 Å². The van der Waals surface area contributed by atoms with Crippen LogP contribution in [0.5, 0.6) is 0 Å². The van der Waals surface area contributed by atoms with Gasteiger partial charge in [-0.2, -0.15) is 0 Å². The van der Waals surface area contributed by atoms with E-state index in [0.29, 0.717) is 19.0 Å². The van der Waals surface area contributed by atoms with Crippen LogP contribution in [0.1, 0.15) is 33.1 Å². The van der Waals surface area contributed by atoms with Gasteiger partial charge in [-0.05, 0) is 12.8 Å². The van der Waals surface area contributed by atoms with E-state index < -0.39 is 0 Å². The standard InChI is InChI=1S/C8H18N2O/c1-3-7(4-2)10-8(11)5-6-9/h7H,3-6,9H2,1-2H3,(H,10,11). The van der Waals surface area contributed by atoms with Crippen LogP contribution in [0.15, 0.2) is 0 Å². The number of carbonyl (C=O) groups excluding carboxylic acids is 1. The molecule has 0 unspecified atom stereocenters. The van der Waals surface area contributed by atoms with Gasteiger partial charge in [-0.1, -0.05) is 13.8 Å². The first kappa shape index (κ1) is 10.4. The molecule has 3 nitrogen and oxygen atoms in total. The van der Waals surface area contributed by atoms with Gasteiger partial charge in [0.2, 0.25) is 5.91 Å². The van der Waals surface area contributed by atoms with Gasteiger partial charge in [0.15, 0.2) is 0 Å². The fourth-order valence-corrected chi connectivity index (χ4v) is 0.924. The minimum Gasteiger partial charge on any atom is -0.353 e. The number of rotatable bonds is 5. The minimum atomic E-state index is 0.0706. The third-order valence-electron chi connectivity index (χ3n) is 1.72. The predicted molar refractivity (Wildman–Crippen MR) is 46.2 cm³/mol. The highest BCUT2D eigenvalue weighted by molar-refractivity contribution is 5.76. The Morgan fingerprint density at radius 1 is 1.45 bits per heavy atom. The highest BCUT2D eigenvalue weighted by Crippen LogP contribution is 1.95. The van der Waals surface area contributed by atoms with Crippen molar-refractivity contribution >= 4 is 5.91 Å². The van der Waals surface area contributed by atoms with E-state index in [4.69, 9.17) is 5.73 Å². The lowest BCUT2D eigenvalue weighted by Crippen LogP contribution is -2.34. The molecular weight excluding hydrogens is 140 g/mol. The molecule has 0 aromatic heterocycles. The number of nitrogens with one attached hydrogen (secondary N) is 1. The molecular formula is C8H18N2O. The molecule has 0 heterocycles. The monoisotopic (exact) mass is 158 g/mol. The SMILES string of the molecule is CCC(CC)NC(=O)CCN. The van der Waals surface area contributed by atoms with Crippen LogP contribution in [0.2, 0.25) is 0 Å². The van der Waals surface area contributed by atoms with Crippen LogP contribution in [0.3, 0.4) is 0 Å². The topological polar surface area (TPSA) is 55.1 Å². The Morgan fingerprint density at radius 3 is 2.36 bits per heavy atom. The maximum Gasteiger partial charge on any atom is 0.221 e. The zero-order chi connectivity index (χ0) is 8.69.